The van der Waals surface area contributed by atoms with Gasteiger partial charge >= 0.3 is 12.3 Å². The monoisotopic (exact) mass is 300 g/mol. The Morgan fingerprint density at radius 1 is 1.40 bits per heavy atom. The normalized spacial score (nSPS) is 10.4. The van der Waals surface area contributed by atoms with E-state index in [1.54, 1.807) is 6.07 Å². The Bertz CT molecular complexity index is 496. The van der Waals surface area contributed by atoms with Crippen LogP contribution in [0.1, 0.15) is 30.9 Å². The molecule has 1 N–H and O–H groups in total. The van der Waals surface area contributed by atoms with Gasteiger partial charge in [0, 0.05) is 7.05 Å². The fourth-order valence-corrected chi connectivity index (χ4v) is 2.16. The third kappa shape index (κ3) is 4.73. The van der Waals surface area contributed by atoms with Gasteiger partial charge in [-0.3, -0.25) is 0 Å². The zero-order valence-electron chi connectivity index (χ0n) is 11.5. The van der Waals surface area contributed by atoms with Crippen molar-refractivity contribution in [3.05, 3.63) is 35.4 Å². The summed E-state index contributed by atoms with van der Waals surface area (Å²) in [5.74, 6) is 0.318. The van der Waals surface area contributed by atoms with Crippen molar-refractivity contribution in [2.24, 2.45) is 0 Å². The van der Waals surface area contributed by atoms with Gasteiger partial charge in [0.15, 0.2) is 0 Å². The van der Waals surface area contributed by atoms with Crippen molar-refractivity contribution >= 4 is 24.4 Å². The predicted octanol–water partition coefficient (Wildman–Crippen LogP) is 3.87. The van der Waals surface area contributed by atoms with Crippen molar-refractivity contribution in [1.29, 1.82) is 0 Å². The highest BCUT2D eigenvalue weighted by Gasteiger charge is 2.19. The number of hydrogen-bond acceptors (Lipinski definition) is 3. The van der Waals surface area contributed by atoms with Crippen molar-refractivity contribution in [2.75, 3.05) is 7.05 Å². The van der Waals surface area contributed by atoms with Crippen LogP contribution in [0.2, 0.25) is 0 Å². The second-order valence-corrected chi connectivity index (χ2v) is 5.70. The van der Waals surface area contributed by atoms with Crippen LogP contribution in [-0.4, -0.2) is 33.0 Å². The standard InChI is InChI=1S/C13H17FN2O3S/c1-9(2)11-6-4-5-10(7-11)8-16(12(14)17)20-15(3)13(18)19/h4-7,9H,8H2,1-3H3,(H,18,19). The molecular weight excluding hydrogens is 283 g/mol. The maximum atomic E-state index is 13.0. The zero-order valence-corrected chi connectivity index (χ0v) is 12.4. The van der Waals surface area contributed by atoms with Gasteiger partial charge in [-0.15, -0.1) is 4.39 Å². The summed E-state index contributed by atoms with van der Waals surface area (Å²) in [5.41, 5.74) is 1.82. The largest absolute Gasteiger partial charge is 0.464 e. The maximum absolute atomic E-state index is 13.0. The minimum atomic E-state index is -1.68. The molecular formula is C13H17FN2O3S. The molecule has 0 aliphatic carbocycles. The van der Waals surface area contributed by atoms with Crippen molar-refractivity contribution in [3.63, 3.8) is 0 Å². The third-order valence-electron chi connectivity index (χ3n) is 2.63. The summed E-state index contributed by atoms with van der Waals surface area (Å²) in [6.45, 7) is 4.06. The maximum Gasteiger partial charge on any atom is 0.418 e. The Kier molecular flexibility index (Phi) is 5.82. The Labute approximate surface area is 121 Å². The van der Waals surface area contributed by atoms with Crippen molar-refractivity contribution in [1.82, 2.24) is 8.61 Å². The van der Waals surface area contributed by atoms with Crippen LogP contribution in [0.25, 0.3) is 0 Å². The van der Waals surface area contributed by atoms with Crippen LogP contribution in [0.15, 0.2) is 24.3 Å². The first-order chi connectivity index (χ1) is 9.31. The molecule has 2 amide bonds. The molecule has 0 aromatic heterocycles. The molecule has 0 aliphatic rings. The first kappa shape index (κ1) is 16.3. The molecule has 0 unspecified atom stereocenters. The molecule has 7 heteroatoms. The van der Waals surface area contributed by atoms with Crippen LogP contribution in [0.5, 0.6) is 0 Å². The molecule has 1 rings (SSSR count). The Hall–Kier alpha value is -1.76. The van der Waals surface area contributed by atoms with Crippen LogP contribution in [0.3, 0.4) is 0 Å². The number of benzene rings is 1. The lowest BCUT2D eigenvalue weighted by molar-refractivity contribution is 0.178. The van der Waals surface area contributed by atoms with Gasteiger partial charge in [0.2, 0.25) is 0 Å². The van der Waals surface area contributed by atoms with Gasteiger partial charge in [0.1, 0.15) is 0 Å². The van der Waals surface area contributed by atoms with E-state index in [4.69, 9.17) is 5.11 Å². The second-order valence-electron chi connectivity index (χ2n) is 4.55. The first-order valence-corrected chi connectivity index (χ1v) is 6.75. The summed E-state index contributed by atoms with van der Waals surface area (Å²) in [7, 11) is 1.24. The molecule has 0 bridgehead atoms. The number of rotatable bonds is 5. The lowest BCUT2D eigenvalue weighted by atomic mass is 10.0. The Morgan fingerprint density at radius 3 is 2.55 bits per heavy atom. The molecule has 20 heavy (non-hydrogen) atoms. The highest BCUT2D eigenvalue weighted by atomic mass is 32.2. The highest BCUT2D eigenvalue weighted by molar-refractivity contribution is 7.95. The van der Waals surface area contributed by atoms with Crippen LogP contribution >= 0.6 is 12.1 Å². The van der Waals surface area contributed by atoms with Gasteiger partial charge < -0.3 is 5.11 Å². The van der Waals surface area contributed by atoms with Gasteiger partial charge in [0.25, 0.3) is 0 Å². The van der Waals surface area contributed by atoms with Gasteiger partial charge in [0.05, 0.1) is 18.7 Å². The van der Waals surface area contributed by atoms with E-state index in [-0.39, 0.29) is 6.54 Å². The molecule has 0 spiro atoms. The average molecular weight is 300 g/mol. The van der Waals surface area contributed by atoms with E-state index in [0.717, 1.165) is 19.7 Å². The van der Waals surface area contributed by atoms with Gasteiger partial charge in [-0.05, 0) is 17.0 Å². The Balaban J connectivity index is 2.83. The highest BCUT2D eigenvalue weighted by Crippen LogP contribution is 2.22. The molecule has 110 valence electrons. The number of carbonyl (C=O) groups excluding carboxylic acids is 1. The van der Waals surface area contributed by atoms with Crippen LogP contribution in [0, 0.1) is 0 Å². The minimum Gasteiger partial charge on any atom is -0.464 e. The molecule has 0 saturated carbocycles. The van der Waals surface area contributed by atoms with Crippen LogP contribution in [-0.2, 0) is 6.54 Å². The summed E-state index contributed by atoms with van der Waals surface area (Å²) in [6.07, 6.45) is -2.93. The van der Waals surface area contributed by atoms with Gasteiger partial charge in [-0.25, -0.2) is 18.2 Å². The van der Waals surface area contributed by atoms with E-state index in [1.807, 2.05) is 32.0 Å². The summed E-state index contributed by atoms with van der Waals surface area (Å²) in [5, 5.41) is 8.74. The van der Waals surface area contributed by atoms with E-state index in [2.05, 4.69) is 0 Å². The van der Waals surface area contributed by atoms with Gasteiger partial charge in [-0.1, -0.05) is 38.1 Å². The molecule has 0 saturated heterocycles. The number of amides is 2. The Morgan fingerprint density at radius 2 is 2.05 bits per heavy atom. The van der Waals surface area contributed by atoms with E-state index in [9.17, 15) is 14.0 Å². The molecule has 0 atom stereocenters. The van der Waals surface area contributed by atoms with Crippen molar-refractivity contribution in [2.45, 2.75) is 26.3 Å². The number of carboxylic acid groups (broad SMARTS) is 1. The molecule has 1 aromatic carbocycles. The SMILES string of the molecule is CC(C)c1cccc(CN(SN(C)C(=O)O)C(=O)F)c1. The lowest BCUT2D eigenvalue weighted by Crippen LogP contribution is -2.27. The van der Waals surface area contributed by atoms with E-state index in [0.29, 0.717) is 18.1 Å². The molecule has 0 aliphatic heterocycles. The fraction of sp³-hybridized carbons (Fsp3) is 0.385. The molecule has 1 aromatic rings. The first-order valence-electron chi connectivity index (χ1n) is 6.01. The number of hydrogen-bond donors (Lipinski definition) is 1. The lowest BCUT2D eigenvalue weighted by Gasteiger charge is -2.21. The summed E-state index contributed by atoms with van der Waals surface area (Å²) >= 11 is 0.513. The summed E-state index contributed by atoms with van der Waals surface area (Å²) in [6, 6.07) is 7.43. The minimum absolute atomic E-state index is 0.00181. The number of nitrogens with zero attached hydrogens (tertiary/aromatic N) is 2. The molecule has 0 radical (unpaired) electrons. The fourth-order valence-electron chi connectivity index (χ4n) is 1.52. The zero-order chi connectivity index (χ0) is 15.3. The topological polar surface area (TPSA) is 60.9 Å². The number of carbonyl (C=O) groups is 2. The van der Waals surface area contributed by atoms with Crippen LogP contribution in [0.4, 0.5) is 14.0 Å². The average Bonchev–Trinajstić information content (AvgIpc) is 2.37. The van der Waals surface area contributed by atoms with Gasteiger partial charge in [-0.2, -0.15) is 0 Å². The van der Waals surface area contributed by atoms with Crippen LogP contribution < -0.4 is 0 Å². The van der Waals surface area contributed by atoms with E-state index >= 15 is 0 Å². The molecule has 0 fully saturated rings. The molecule has 5 nitrogen and oxygen atoms in total. The third-order valence-corrected chi connectivity index (χ3v) is 3.50. The quantitative estimate of drug-likeness (QED) is 0.509. The summed E-state index contributed by atoms with van der Waals surface area (Å²) in [4.78, 5) is 21.6. The van der Waals surface area contributed by atoms with Crippen molar-refractivity contribution < 1.29 is 19.1 Å². The molecule has 0 heterocycles. The smallest absolute Gasteiger partial charge is 0.418 e. The van der Waals surface area contributed by atoms with Crippen molar-refractivity contribution in [3.8, 4) is 0 Å². The second kappa shape index (κ2) is 7.14. The predicted molar refractivity (Wildman–Crippen MR) is 76.0 cm³/mol. The van der Waals surface area contributed by atoms with E-state index in [1.165, 1.54) is 7.05 Å². The number of halogens is 1. The van der Waals surface area contributed by atoms with E-state index < -0.39 is 12.3 Å². The summed E-state index contributed by atoms with van der Waals surface area (Å²) < 4.78 is 14.5.